The average molecular weight is 323 g/mol. The van der Waals surface area contributed by atoms with E-state index >= 15 is 0 Å². The molecule has 0 amide bonds. The Labute approximate surface area is 138 Å². The van der Waals surface area contributed by atoms with Crippen molar-refractivity contribution in [1.82, 2.24) is 15.5 Å². The van der Waals surface area contributed by atoms with Crippen LogP contribution in [0.5, 0.6) is 0 Å². The van der Waals surface area contributed by atoms with Crippen LogP contribution in [0.25, 0.3) is 0 Å². The van der Waals surface area contributed by atoms with Crippen LogP contribution < -0.4 is 10.6 Å². The lowest BCUT2D eigenvalue weighted by molar-refractivity contribution is 0.220. The van der Waals surface area contributed by atoms with Crippen LogP contribution in [-0.2, 0) is 6.54 Å². The zero-order chi connectivity index (χ0) is 15.8. The first-order chi connectivity index (χ1) is 10.7. The number of halogens is 1. The fourth-order valence-electron chi connectivity index (χ4n) is 2.61. The number of piperidine rings is 1. The minimum atomic E-state index is 0.667. The lowest BCUT2D eigenvalue weighted by Gasteiger charge is -2.29. The Bertz CT molecular complexity index is 464. The molecule has 0 bridgehead atoms. The summed E-state index contributed by atoms with van der Waals surface area (Å²) >= 11 is 5.91. The number of rotatable bonds is 5. The summed E-state index contributed by atoms with van der Waals surface area (Å²) in [5, 5.41) is 7.56. The molecular formula is C17H27ClN4. The molecule has 2 N–H and O–H groups in total. The first-order valence-corrected chi connectivity index (χ1v) is 8.50. The van der Waals surface area contributed by atoms with E-state index in [2.05, 4.69) is 34.5 Å². The van der Waals surface area contributed by atoms with Gasteiger partial charge in [-0.2, -0.15) is 0 Å². The van der Waals surface area contributed by atoms with Crippen molar-refractivity contribution in [3.8, 4) is 0 Å². The van der Waals surface area contributed by atoms with Crippen molar-refractivity contribution < 1.29 is 0 Å². The van der Waals surface area contributed by atoms with Crippen LogP contribution in [0.2, 0.25) is 5.02 Å². The zero-order valence-corrected chi connectivity index (χ0v) is 14.4. The van der Waals surface area contributed by atoms with Gasteiger partial charge in [0.25, 0.3) is 0 Å². The van der Waals surface area contributed by atoms with E-state index in [-0.39, 0.29) is 0 Å². The SMILES string of the molecule is CCNC(=NCc1ccc(Cl)cc1)NCC1CCN(C)CC1. The van der Waals surface area contributed by atoms with Gasteiger partial charge in [0.2, 0.25) is 0 Å². The molecule has 1 saturated heterocycles. The summed E-state index contributed by atoms with van der Waals surface area (Å²) in [6.07, 6.45) is 2.53. The largest absolute Gasteiger partial charge is 0.357 e. The molecule has 22 heavy (non-hydrogen) atoms. The van der Waals surface area contributed by atoms with Crippen molar-refractivity contribution in [2.75, 3.05) is 33.2 Å². The van der Waals surface area contributed by atoms with E-state index in [0.29, 0.717) is 6.54 Å². The van der Waals surface area contributed by atoms with Crippen molar-refractivity contribution in [1.29, 1.82) is 0 Å². The van der Waals surface area contributed by atoms with E-state index in [0.717, 1.165) is 30.0 Å². The minimum Gasteiger partial charge on any atom is -0.357 e. The van der Waals surface area contributed by atoms with E-state index in [4.69, 9.17) is 11.6 Å². The summed E-state index contributed by atoms with van der Waals surface area (Å²) in [4.78, 5) is 7.05. The lowest BCUT2D eigenvalue weighted by Crippen LogP contribution is -2.42. The molecular weight excluding hydrogens is 296 g/mol. The Kier molecular flexibility index (Phi) is 7.00. The molecule has 1 aliphatic heterocycles. The molecule has 0 saturated carbocycles. The summed E-state index contributed by atoms with van der Waals surface area (Å²) in [6.45, 7) is 7.03. The number of hydrogen-bond donors (Lipinski definition) is 2. The molecule has 4 nitrogen and oxygen atoms in total. The van der Waals surface area contributed by atoms with E-state index in [1.165, 1.54) is 31.5 Å². The van der Waals surface area contributed by atoms with Gasteiger partial charge in [0.15, 0.2) is 5.96 Å². The quantitative estimate of drug-likeness (QED) is 0.647. The highest BCUT2D eigenvalue weighted by Gasteiger charge is 2.16. The Balaban J connectivity index is 1.83. The topological polar surface area (TPSA) is 39.7 Å². The van der Waals surface area contributed by atoms with Gasteiger partial charge < -0.3 is 15.5 Å². The van der Waals surface area contributed by atoms with E-state index in [1.54, 1.807) is 0 Å². The van der Waals surface area contributed by atoms with Gasteiger partial charge in [-0.15, -0.1) is 0 Å². The molecule has 0 atom stereocenters. The molecule has 1 aromatic carbocycles. The molecule has 2 rings (SSSR count). The molecule has 1 fully saturated rings. The fourth-order valence-corrected chi connectivity index (χ4v) is 2.74. The normalized spacial score (nSPS) is 17.5. The number of benzene rings is 1. The third-order valence-corrected chi connectivity index (χ3v) is 4.33. The maximum Gasteiger partial charge on any atom is 0.191 e. The highest BCUT2D eigenvalue weighted by molar-refractivity contribution is 6.30. The Morgan fingerprint density at radius 1 is 1.23 bits per heavy atom. The first-order valence-electron chi connectivity index (χ1n) is 8.12. The second-order valence-corrected chi connectivity index (χ2v) is 6.39. The van der Waals surface area contributed by atoms with Gasteiger partial charge in [-0.1, -0.05) is 23.7 Å². The summed E-state index contributed by atoms with van der Waals surface area (Å²) < 4.78 is 0. The summed E-state index contributed by atoms with van der Waals surface area (Å²) in [5.41, 5.74) is 1.17. The van der Waals surface area contributed by atoms with Crippen molar-refractivity contribution in [3.05, 3.63) is 34.9 Å². The lowest BCUT2D eigenvalue weighted by atomic mass is 9.97. The van der Waals surface area contributed by atoms with Gasteiger partial charge in [-0.05, 0) is 63.5 Å². The second kappa shape index (κ2) is 9.01. The number of aliphatic imine (C=N–C) groups is 1. The van der Waals surface area contributed by atoms with Crippen LogP contribution >= 0.6 is 11.6 Å². The van der Waals surface area contributed by atoms with Gasteiger partial charge >= 0.3 is 0 Å². The highest BCUT2D eigenvalue weighted by atomic mass is 35.5. The molecule has 1 aliphatic rings. The summed E-state index contributed by atoms with van der Waals surface area (Å²) in [5.74, 6) is 1.65. The minimum absolute atomic E-state index is 0.667. The standard InChI is InChI=1S/C17H27ClN4/c1-3-19-17(20-12-14-4-6-16(18)7-5-14)21-13-15-8-10-22(2)11-9-15/h4-7,15H,3,8-13H2,1-2H3,(H2,19,20,21). The van der Waals surface area contributed by atoms with Crippen LogP contribution in [0, 0.1) is 5.92 Å². The van der Waals surface area contributed by atoms with Crippen LogP contribution in [0.3, 0.4) is 0 Å². The molecule has 0 unspecified atom stereocenters. The smallest absolute Gasteiger partial charge is 0.191 e. The van der Waals surface area contributed by atoms with Crippen LogP contribution in [0.1, 0.15) is 25.3 Å². The third kappa shape index (κ3) is 5.85. The number of likely N-dealkylation sites (tertiary alicyclic amines) is 1. The van der Waals surface area contributed by atoms with Crippen molar-refractivity contribution >= 4 is 17.6 Å². The summed E-state index contributed by atoms with van der Waals surface area (Å²) in [6, 6.07) is 7.86. The molecule has 0 radical (unpaired) electrons. The fraction of sp³-hybridized carbons (Fsp3) is 0.588. The van der Waals surface area contributed by atoms with Gasteiger partial charge in [-0.25, -0.2) is 4.99 Å². The number of nitrogens with zero attached hydrogens (tertiary/aromatic N) is 2. The Morgan fingerprint density at radius 2 is 1.91 bits per heavy atom. The van der Waals surface area contributed by atoms with Gasteiger partial charge in [0.1, 0.15) is 0 Å². The summed E-state index contributed by atoms with van der Waals surface area (Å²) in [7, 11) is 2.20. The second-order valence-electron chi connectivity index (χ2n) is 5.95. The third-order valence-electron chi connectivity index (χ3n) is 4.07. The number of nitrogens with one attached hydrogen (secondary N) is 2. The monoisotopic (exact) mass is 322 g/mol. The molecule has 1 heterocycles. The van der Waals surface area contributed by atoms with Gasteiger partial charge in [0.05, 0.1) is 6.54 Å². The van der Waals surface area contributed by atoms with Crippen LogP contribution in [0.4, 0.5) is 0 Å². The molecule has 0 aromatic heterocycles. The number of guanidine groups is 1. The Hall–Kier alpha value is -1.26. The van der Waals surface area contributed by atoms with E-state index < -0.39 is 0 Å². The molecule has 1 aromatic rings. The van der Waals surface area contributed by atoms with Crippen molar-refractivity contribution in [2.45, 2.75) is 26.3 Å². The highest BCUT2D eigenvalue weighted by Crippen LogP contribution is 2.14. The molecule has 0 aliphatic carbocycles. The predicted octanol–water partition coefficient (Wildman–Crippen LogP) is 2.74. The van der Waals surface area contributed by atoms with Gasteiger partial charge in [0, 0.05) is 18.1 Å². The van der Waals surface area contributed by atoms with E-state index in [9.17, 15) is 0 Å². The Morgan fingerprint density at radius 3 is 2.55 bits per heavy atom. The zero-order valence-electron chi connectivity index (χ0n) is 13.6. The van der Waals surface area contributed by atoms with Crippen molar-refractivity contribution in [2.24, 2.45) is 10.9 Å². The van der Waals surface area contributed by atoms with Crippen LogP contribution in [-0.4, -0.2) is 44.1 Å². The predicted molar refractivity (Wildman–Crippen MR) is 94.5 cm³/mol. The number of hydrogen-bond acceptors (Lipinski definition) is 2. The molecule has 5 heteroatoms. The van der Waals surface area contributed by atoms with Crippen molar-refractivity contribution in [3.63, 3.8) is 0 Å². The van der Waals surface area contributed by atoms with Gasteiger partial charge in [-0.3, -0.25) is 0 Å². The maximum atomic E-state index is 5.91. The first kappa shape index (κ1) is 17.1. The average Bonchev–Trinajstić information content (AvgIpc) is 2.53. The molecule has 0 spiro atoms. The van der Waals surface area contributed by atoms with E-state index in [1.807, 2.05) is 24.3 Å². The maximum absolute atomic E-state index is 5.91. The molecule has 122 valence electrons. The van der Waals surface area contributed by atoms with Crippen LogP contribution in [0.15, 0.2) is 29.3 Å².